The van der Waals surface area contributed by atoms with Gasteiger partial charge in [-0.25, -0.2) is 9.59 Å². The van der Waals surface area contributed by atoms with E-state index < -0.39 is 229 Å². The number of aromatic hydroxyl groups is 1. The minimum atomic E-state index is -2.04. The molecule has 2 aromatic carbocycles. The van der Waals surface area contributed by atoms with Gasteiger partial charge in [0.05, 0.1) is 24.8 Å². The summed E-state index contributed by atoms with van der Waals surface area (Å²) in [5.41, 5.74) is 23.7. The van der Waals surface area contributed by atoms with Crippen molar-refractivity contribution in [1.82, 2.24) is 94.0 Å². The van der Waals surface area contributed by atoms with E-state index in [4.69, 9.17) is 28.3 Å². The fraction of sp³-hybridized carbons (Fsp3) is 0.515. The Hall–Kier alpha value is -11.9. The summed E-state index contributed by atoms with van der Waals surface area (Å²) in [6.07, 6.45) is -4.01. The zero-order chi connectivity index (χ0) is 82.6. The van der Waals surface area contributed by atoms with Crippen LogP contribution in [0.2, 0.25) is 0 Å². The molecule has 27 N–H and O–H groups in total. The average molecular weight is 1620 g/mol. The molecule has 2 fully saturated rings. The number of aromatic nitrogens is 4. The van der Waals surface area contributed by atoms with Crippen molar-refractivity contribution < 1.29 is 97.1 Å². The molecule has 45 heteroatoms. The second kappa shape index (κ2) is 43.1. The fourth-order valence-corrected chi connectivity index (χ4v) is 14.7. The summed E-state index contributed by atoms with van der Waals surface area (Å²) < 4.78 is 1.17. The standard InChI is InChI=1S/C68H95N23O20S2/c1-33(92)54-64(107)84-46(27-53(96)97)65(108)91-23-6-11-50(91)63(106)82-41(9-4-21-74-67(71)72)56(99)86-49-32-113-112-31-48(77-52(95)28-69)61(104)80-42(59(102)87-54)17-14-36-30-90(89-88-36)24-20-44(58(101)85-47(66(109)110)25-34-12-15-37(93)16-13-34)81-57(100)43(18-19-51(70)94)79-60(103)45(26-35-29-76-39-8-3-2-7-38(35)39)83-55(98)40(78-62(49)105)10-5-22-75-68(73)111/h2-3,7-8,12-13,15-16,29-30,33,40-50,54,76,92-93H,4-6,9-11,14,17-28,31-32,69H2,1H3,(H2,70,94)(H,77,95)(H,78,105)(H,79,103)(H,80,104)(H,81,100)(H,82,106)(H,83,98)(H,84,107)(H,85,101)(H,86,99)(H,87,102)(H,96,97)(H,109,110)(H4,71,72,74)(H3,73,75,111)/t33-,40+,41+,42+,43+,44-,45+,46+,47+,48?,49?,50?,54+/m1/s1. The maximum atomic E-state index is 15.3. The largest absolute Gasteiger partial charge is 0.508 e. The highest BCUT2D eigenvalue weighted by Crippen LogP contribution is 2.26. The van der Waals surface area contributed by atoms with Crippen molar-refractivity contribution >= 4 is 133 Å². The number of aryl methyl sites for hydroxylation is 2. The molecule has 0 radical (unpaired) electrons. The normalized spacial score (nSPS) is 23.8. The van der Waals surface area contributed by atoms with E-state index in [1.807, 2.05) is 0 Å². The highest BCUT2D eigenvalue weighted by molar-refractivity contribution is 8.76. The van der Waals surface area contributed by atoms with Crippen molar-refractivity contribution in [3.63, 3.8) is 0 Å². The lowest BCUT2D eigenvalue weighted by Crippen LogP contribution is -2.62. The molecule has 2 saturated heterocycles. The summed E-state index contributed by atoms with van der Waals surface area (Å²) >= 11 is 0. The average Bonchev–Trinajstić information content (AvgIpc) is 1.71. The van der Waals surface area contributed by atoms with E-state index in [1.54, 1.807) is 24.3 Å². The molecule has 0 aliphatic carbocycles. The number of carboxylic acid groups (broad SMARTS) is 2. The first-order valence-electron chi connectivity index (χ1n) is 36.1. The number of carbonyl (C=O) groups excluding carboxylic acids is 14. The van der Waals surface area contributed by atoms with E-state index in [0.29, 0.717) is 22.0 Å². The number of aliphatic hydroxyl groups excluding tert-OH is 1. The molecule has 3 aliphatic heterocycles. The maximum absolute atomic E-state index is 15.3. The minimum Gasteiger partial charge on any atom is -0.508 e. The highest BCUT2D eigenvalue weighted by Gasteiger charge is 2.43. The molecule has 4 bridgehead atoms. The van der Waals surface area contributed by atoms with Crippen LogP contribution in [0.15, 0.2) is 60.9 Å². The van der Waals surface area contributed by atoms with Crippen molar-refractivity contribution in [1.29, 1.82) is 5.41 Å². The Kier molecular flexibility index (Phi) is 33.7. The van der Waals surface area contributed by atoms with Crippen molar-refractivity contribution in [2.45, 2.75) is 182 Å². The van der Waals surface area contributed by atoms with Gasteiger partial charge in [0.15, 0.2) is 5.96 Å². The van der Waals surface area contributed by atoms with Crippen LogP contribution in [0.1, 0.15) is 94.4 Å². The number of carboxylic acids is 2. The number of aromatic amines is 1. The molecule has 13 atom stereocenters. The number of hydrogen-bond acceptors (Lipinski definition) is 24. The van der Waals surface area contributed by atoms with E-state index in [-0.39, 0.29) is 95.4 Å². The first kappa shape index (κ1) is 88.3. The van der Waals surface area contributed by atoms with Crippen molar-refractivity contribution in [2.75, 3.05) is 37.7 Å². The second-order valence-corrected chi connectivity index (χ2v) is 29.5. The number of aliphatic hydroxyl groups is 1. The number of carbonyl (C=O) groups is 16. The number of hydrogen-bond donors (Lipinski definition) is 23. The monoisotopic (exact) mass is 1620 g/mol. The summed E-state index contributed by atoms with van der Waals surface area (Å²) in [4.78, 5) is 231. The number of nitrogens with zero attached hydrogens (tertiary/aromatic N) is 4. The number of nitrogens with one attached hydrogen (secondary N) is 15. The van der Waals surface area contributed by atoms with Crippen molar-refractivity contribution in [2.24, 2.45) is 22.9 Å². The molecule has 2 aromatic heterocycles. The number of amides is 15. The van der Waals surface area contributed by atoms with E-state index in [0.717, 1.165) is 33.4 Å². The van der Waals surface area contributed by atoms with E-state index in [9.17, 15) is 78.0 Å². The molecule has 614 valence electrons. The number of urea groups is 1. The van der Waals surface area contributed by atoms with E-state index in [1.165, 1.54) is 41.3 Å². The molecule has 0 saturated carbocycles. The number of H-pyrrole nitrogens is 1. The number of benzene rings is 2. The van der Waals surface area contributed by atoms with Crippen LogP contribution < -0.4 is 92.1 Å². The number of aliphatic carboxylic acids is 2. The van der Waals surface area contributed by atoms with Gasteiger partial charge in [-0.2, -0.15) is 0 Å². The van der Waals surface area contributed by atoms with Gasteiger partial charge >= 0.3 is 18.0 Å². The van der Waals surface area contributed by atoms with Crippen LogP contribution in [0.3, 0.4) is 0 Å². The number of nitrogens with two attached hydrogens (primary N) is 4. The third-order valence-corrected chi connectivity index (χ3v) is 20.8. The van der Waals surface area contributed by atoms with Crippen LogP contribution in [0.4, 0.5) is 4.79 Å². The van der Waals surface area contributed by atoms with Crippen LogP contribution in [-0.4, -0.2) is 262 Å². The van der Waals surface area contributed by atoms with Gasteiger partial charge in [0.25, 0.3) is 0 Å². The van der Waals surface area contributed by atoms with Crippen LogP contribution in [0.5, 0.6) is 5.75 Å². The molecule has 3 aliphatic rings. The zero-order valence-electron chi connectivity index (χ0n) is 61.4. The Morgan fingerprint density at radius 2 is 1.28 bits per heavy atom. The summed E-state index contributed by atoms with van der Waals surface area (Å²) in [7, 11) is 1.63. The maximum Gasteiger partial charge on any atom is 0.326 e. The number of phenolic OH excluding ortho intramolecular Hbond substituents is 1. The number of para-hydroxylation sites is 1. The Morgan fingerprint density at radius 3 is 1.95 bits per heavy atom. The highest BCUT2D eigenvalue weighted by atomic mass is 33.1. The lowest BCUT2D eigenvalue weighted by atomic mass is 10.0. The summed E-state index contributed by atoms with van der Waals surface area (Å²) in [5, 5.41) is 90.9. The molecule has 43 nitrogen and oxygen atoms in total. The third-order valence-electron chi connectivity index (χ3n) is 18.4. The summed E-state index contributed by atoms with van der Waals surface area (Å²) in [6, 6.07) is -9.87. The molecule has 4 aromatic rings. The summed E-state index contributed by atoms with van der Waals surface area (Å²) in [6.45, 7) is -0.451. The minimum absolute atomic E-state index is 0.0250. The number of fused-ring (bicyclic) bond motifs is 12. The molecule has 5 heterocycles. The predicted molar refractivity (Wildman–Crippen MR) is 403 cm³/mol. The van der Waals surface area contributed by atoms with Gasteiger partial charge in [-0.15, -0.1) is 5.10 Å². The van der Waals surface area contributed by atoms with Gasteiger partial charge < -0.3 is 122 Å². The Bertz CT molecular complexity index is 4130. The molecule has 3 unspecified atom stereocenters. The first-order valence-corrected chi connectivity index (χ1v) is 38.6. The van der Waals surface area contributed by atoms with Gasteiger partial charge in [-0.05, 0) is 100 Å². The van der Waals surface area contributed by atoms with Gasteiger partial charge in [0.1, 0.15) is 78.3 Å². The van der Waals surface area contributed by atoms with Crippen LogP contribution >= 0.6 is 21.6 Å². The zero-order valence-corrected chi connectivity index (χ0v) is 63.0. The van der Waals surface area contributed by atoms with E-state index >= 15 is 19.2 Å². The van der Waals surface area contributed by atoms with Gasteiger partial charge in [0, 0.05) is 80.2 Å². The number of phenols is 1. The molecular formula is C68H95N23O20S2. The van der Waals surface area contributed by atoms with Crippen LogP contribution in [0.25, 0.3) is 10.9 Å². The smallest absolute Gasteiger partial charge is 0.326 e. The SMILES string of the molecule is C[C@@H](O)[C@@H]1NC(=O)[C@@H]2CCc3cn(nn3)CC[C@H](C(=O)N[C@@H](Cc3ccc(O)cc3)C(=O)O)NC(=O)[C@H](CCC(N)=O)NC(=O)[C@H](Cc3c[nH]c4ccccc34)NC(=O)[C@H](CCCNC(N)=O)NC(=O)C(CSSCC(NC(=O)CN)C(=O)N2)NC(=O)[C@H](CCCNC(=N)N)NC(=O)C2CCCN2C(=O)[C@H](CC(=O)O)NC1=O. The Balaban J connectivity index is 1.40. The van der Waals surface area contributed by atoms with Crippen molar-refractivity contribution in [3.8, 4) is 5.75 Å². The van der Waals surface area contributed by atoms with Gasteiger partial charge in [-0.1, -0.05) is 57.1 Å². The summed E-state index contributed by atoms with van der Waals surface area (Å²) in [5.74, 6) is -19.0. The molecule has 7 rings (SSSR count). The Labute approximate surface area is 653 Å². The first-order chi connectivity index (χ1) is 53.8. The van der Waals surface area contributed by atoms with Crippen LogP contribution in [-0.2, 0) is 97.7 Å². The molecule has 113 heavy (non-hydrogen) atoms. The van der Waals surface area contributed by atoms with Crippen LogP contribution in [0, 0.1) is 5.41 Å². The molecule has 15 amide bonds. The topological polar surface area (TPSA) is 688 Å². The molecular weight excluding hydrogens is 1520 g/mol. The second-order valence-electron chi connectivity index (χ2n) is 27.0. The van der Waals surface area contributed by atoms with Gasteiger partial charge in [-0.3, -0.25) is 77.2 Å². The predicted octanol–water partition coefficient (Wildman–Crippen LogP) is -7.12. The quantitative estimate of drug-likeness (QED) is 0.0142. The Morgan fingerprint density at radius 1 is 0.673 bits per heavy atom. The lowest BCUT2D eigenvalue weighted by molar-refractivity contribution is -0.146. The number of rotatable bonds is 23. The fourth-order valence-electron chi connectivity index (χ4n) is 12.4. The number of primary amides is 2. The van der Waals surface area contributed by atoms with E-state index in [2.05, 4.69) is 84.4 Å². The molecule has 0 spiro atoms. The van der Waals surface area contributed by atoms with Crippen molar-refractivity contribution in [3.05, 3.63) is 77.7 Å². The van der Waals surface area contributed by atoms with Gasteiger partial charge in [0.2, 0.25) is 76.8 Å². The third kappa shape index (κ3) is 27.5. The number of guanidine groups is 1. The lowest BCUT2D eigenvalue weighted by Gasteiger charge is -2.31.